The van der Waals surface area contributed by atoms with E-state index >= 15 is 0 Å². The normalized spacial score (nSPS) is 13.8. The molecule has 3 N–H and O–H groups in total. The van der Waals surface area contributed by atoms with Crippen LogP contribution in [-0.2, 0) is 6.54 Å². The van der Waals surface area contributed by atoms with Crippen LogP contribution in [0.5, 0.6) is 0 Å². The third-order valence-corrected chi connectivity index (χ3v) is 4.62. The van der Waals surface area contributed by atoms with Gasteiger partial charge in [-0.15, -0.1) is 5.10 Å². The Morgan fingerprint density at radius 2 is 2.04 bits per heavy atom. The average Bonchev–Trinajstić information content (AvgIpc) is 3.23. The van der Waals surface area contributed by atoms with Crippen molar-refractivity contribution < 1.29 is 4.39 Å². The van der Waals surface area contributed by atoms with Crippen molar-refractivity contribution in [2.45, 2.75) is 25.3 Å². The number of nitrogens with zero attached hydrogens (tertiary/aromatic N) is 4. The molecule has 0 amide bonds. The second kappa shape index (κ2) is 6.39. The Labute approximate surface area is 154 Å². The highest BCUT2D eigenvalue weighted by atomic mass is 19.1. The number of benzene rings is 1. The van der Waals surface area contributed by atoms with Crippen LogP contribution in [0.25, 0.3) is 5.52 Å². The van der Waals surface area contributed by atoms with Crippen molar-refractivity contribution in [2.24, 2.45) is 0 Å². The number of anilines is 3. The summed E-state index contributed by atoms with van der Waals surface area (Å²) in [6.07, 6.45) is 4.29. The summed E-state index contributed by atoms with van der Waals surface area (Å²) >= 11 is 0. The minimum atomic E-state index is -0.245. The summed E-state index contributed by atoms with van der Waals surface area (Å²) in [7, 11) is 0. The fourth-order valence-corrected chi connectivity index (χ4v) is 3.02. The Morgan fingerprint density at radius 3 is 2.85 bits per heavy atom. The maximum Gasteiger partial charge on any atom is 0.248 e. The Kier molecular flexibility index (Phi) is 3.74. The van der Waals surface area contributed by atoms with Gasteiger partial charge in [-0.1, -0.05) is 12.1 Å². The van der Waals surface area contributed by atoms with Crippen molar-refractivity contribution in [1.29, 1.82) is 0 Å². The molecule has 0 saturated heterocycles. The molecule has 1 fully saturated rings. The van der Waals surface area contributed by atoms with Gasteiger partial charge in [-0.05, 0) is 42.7 Å². The zero-order valence-electron chi connectivity index (χ0n) is 14.5. The SMILES string of the molecule is Fc1ccc(CNc2nc(Nc3cc(C4CC4)[nH]n3)nn3cccc23)cc1. The Hall–Kier alpha value is -3.42. The topological polar surface area (TPSA) is 82.9 Å². The van der Waals surface area contributed by atoms with Crippen molar-refractivity contribution in [2.75, 3.05) is 10.6 Å². The molecule has 3 aromatic heterocycles. The molecule has 7 nitrogen and oxygen atoms in total. The molecule has 27 heavy (non-hydrogen) atoms. The molecule has 1 aromatic carbocycles. The van der Waals surface area contributed by atoms with E-state index in [0.29, 0.717) is 30.0 Å². The van der Waals surface area contributed by atoms with E-state index in [1.54, 1.807) is 16.6 Å². The van der Waals surface area contributed by atoms with Gasteiger partial charge in [0.05, 0.1) is 0 Å². The highest BCUT2D eigenvalue weighted by Crippen LogP contribution is 2.39. The van der Waals surface area contributed by atoms with Gasteiger partial charge in [0.15, 0.2) is 11.6 Å². The van der Waals surface area contributed by atoms with Crippen LogP contribution in [0.2, 0.25) is 0 Å². The maximum absolute atomic E-state index is 13.1. The number of hydrogen-bond donors (Lipinski definition) is 3. The van der Waals surface area contributed by atoms with Crippen LogP contribution in [0.15, 0.2) is 48.7 Å². The molecule has 0 bridgehead atoms. The number of H-pyrrole nitrogens is 1. The number of halogens is 1. The molecular formula is C19H18FN7. The number of aromatic amines is 1. The number of hydrogen-bond acceptors (Lipinski definition) is 5. The Balaban J connectivity index is 1.39. The van der Waals surface area contributed by atoms with Crippen LogP contribution in [-0.4, -0.2) is 24.8 Å². The van der Waals surface area contributed by atoms with Crippen LogP contribution in [0.4, 0.5) is 22.0 Å². The lowest BCUT2D eigenvalue weighted by molar-refractivity contribution is 0.627. The molecule has 0 unspecified atom stereocenters. The van der Waals surface area contributed by atoms with Gasteiger partial charge in [-0.2, -0.15) is 10.1 Å². The molecule has 4 aromatic rings. The van der Waals surface area contributed by atoms with Gasteiger partial charge in [0.25, 0.3) is 0 Å². The van der Waals surface area contributed by atoms with Gasteiger partial charge in [0, 0.05) is 30.4 Å². The van der Waals surface area contributed by atoms with E-state index < -0.39 is 0 Å². The van der Waals surface area contributed by atoms with Crippen LogP contribution in [0.3, 0.4) is 0 Å². The minimum absolute atomic E-state index is 0.245. The molecule has 136 valence electrons. The largest absolute Gasteiger partial charge is 0.364 e. The van der Waals surface area contributed by atoms with Crippen LogP contribution < -0.4 is 10.6 Å². The molecule has 1 aliphatic rings. The third-order valence-electron chi connectivity index (χ3n) is 4.62. The van der Waals surface area contributed by atoms with E-state index in [9.17, 15) is 4.39 Å². The maximum atomic E-state index is 13.1. The highest BCUT2D eigenvalue weighted by Gasteiger charge is 2.25. The van der Waals surface area contributed by atoms with Crippen LogP contribution >= 0.6 is 0 Å². The lowest BCUT2D eigenvalue weighted by atomic mass is 10.2. The van der Waals surface area contributed by atoms with Crippen LogP contribution in [0.1, 0.15) is 30.0 Å². The standard InChI is InChI=1S/C19H18FN7/c20-14-7-3-12(4-8-14)11-21-18-16-2-1-9-27(16)26-19(23-18)22-17-10-15(24-25-17)13-5-6-13/h1-4,7-10,13H,5-6,11H2,(H3,21,22,23,24,25,26). The predicted molar refractivity (Wildman–Crippen MR) is 101 cm³/mol. The first-order chi connectivity index (χ1) is 13.2. The second-order valence-electron chi connectivity index (χ2n) is 6.71. The fraction of sp³-hybridized carbons (Fsp3) is 0.211. The third kappa shape index (κ3) is 3.33. The zero-order chi connectivity index (χ0) is 18.2. The summed E-state index contributed by atoms with van der Waals surface area (Å²) in [5.41, 5.74) is 2.98. The zero-order valence-corrected chi connectivity index (χ0v) is 14.5. The molecule has 0 aliphatic heterocycles. The molecule has 3 heterocycles. The Bertz CT molecular complexity index is 1080. The molecule has 1 saturated carbocycles. The summed E-state index contributed by atoms with van der Waals surface area (Å²) in [4.78, 5) is 4.59. The summed E-state index contributed by atoms with van der Waals surface area (Å²) in [6.45, 7) is 0.534. The smallest absolute Gasteiger partial charge is 0.248 e. The van der Waals surface area contributed by atoms with Crippen molar-refractivity contribution in [3.8, 4) is 0 Å². The quantitative estimate of drug-likeness (QED) is 0.485. The number of rotatable bonds is 6. The molecule has 0 spiro atoms. The van der Waals surface area contributed by atoms with Crippen molar-refractivity contribution in [3.05, 3.63) is 65.7 Å². The molecule has 0 radical (unpaired) electrons. The molecule has 0 atom stereocenters. The van der Waals surface area contributed by atoms with Gasteiger partial charge in [0.1, 0.15) is 11.3 Å². The van der Waals surface area contributed by atoms with E-state index in [2.05, 4.69) is 30.9 Å². The van der Waals surface area contributed by atoms with Gasteiger partial charge in [-0.25, -0.2) is 8.91 Å². The lowest BCUT2D eigenvalue weighted by Crippen LogP contribution is -2.08. The molecular weight excluding hydrogens is 345 g/mol. The summed E-state index contributed by atoms with van der Waals surface area (Å²) < 4.78 is 14.8. The van der Waals surface area contributed by atoms with Crippen LogP contribution in [0, 0.1) is 5.82 Å². The van der Waals surface area contributed by atoms with Gasteiger partial charge in [-0.3, -0.25) is 5.10 Å². The fourth-order valence-electron chi connectivity index (χ4n) is 3.02. The van der Waals surface area contributed by atoms with Crippen molar-refractivity contribution in [3.63, 3.8) is 0 Å². The monoisotopic (exact) mass is 363 g/mol. The number of fused-ring (bicyclic) bond motifs is 1. The minimum Gasteiger partial charge on any atom is -0.364 e. The van der Waals surface area contributed by atoms with E-state index in [-0.39, 0.29) is 5.82 Å². The Morgan fingerprint density at radius 1 is 1.19 bits per heavy atom. The van der Waals surface area contributed by atoms with E-state index in [0.717, 1.165) is 16.8 Å². The molecule has 8 heteroatoms. The number of aromatic nitrogens is 5. The van der Waals surface area contributed by atoms with Gasteiger partial charge < -0.3 is 10.6 Å². The number of nitrogens with one attached hydrogen (secondary N) is 3. The summed E-state index contributed by atoms with van der Waals surface area (Å²) in [6, 6.07) is 12.3. The molecule has 1 aliphatic carbocycles. The van der Waals surface area contributed by atoms with Crippen molar-refractivity contribution in [1.82, 2.24) is 24.8 Å². The van der Waals surface area contributed by atoms with E-state index in [1.165, 1.54) is 25.0 Å². The second-order valence-corrected chi connectivity index (χ2v) is 6.71. The first-order valence-electron chi connectivity index (χ1n) is 8.91. The van der Waals surface area contributed by atoms with E-state index in [1.807, 2.05) is 24.4 Å². The summed E-state index contributed by atoms with van der Waals surface area (Å²) in [5, 5.41) is 18.3. The first kappa shape index (κ1) is 15.8. The molecule has 5 rings (SSSR count). The summed E-state index contributed by atoms with van der Waals surface area (Å²) in [5.74, 6) is 2.21. The van der Waals surface area contributed by atoms with Gasteiger partial charge in [0.2, 0.25) is 5.95 Å². The predicted octanol–water partition coefficient (Wildman–Crippen LogP) is 3.82. The average molecular weight is 363 g/mol. The van der Waals surface area contributed by atoms with Crippen molar-refractivity contribution >= 4 is 23.1 Å². The van der Waals surface area contributed by atoms with E-state index in [4.69, 9.17) is 0 Å². The lowest BCUT2D eigenvalue weighted by Gasteiger charge is -2.10. The van der Waals surface area contributed by atoms with Gasteiger partial charge >= 0.3 is 0 Å². The first-order valence-corrected chi connectivity index (χ1v) is 8.91. The highest BCUT2D eigenvalue weighted by molar-refractivity contribution is 5.69.